The summed E-state index contributed by atoms with van der Waals surface area (Å²) in [5, 5.41) is 7.10. The number of hydrogen-bond donors (Lipinski definition) is 1. The molecule has 0 aromatic carbocycles. The van der Waals surface area contributed by atoms with Crippen molar-refractivity contribution in [2.24, 2.45) is 0 Å². The summed E-state index contributed by atoms with van der Waals surface area (Å²) in [5.74, 6) is 0.543. The Morgan fingerprint density at radius 1 is 1.57 bits per heavy atom. The summed E-state index contributed by atoms with van der Waals surface area (Å²) >= 11 is 0. The Bertz CT molecular complexity index is 438. The molecule has 0 fully saturated rings. The molecule has 0 atom stereocenters. The van der Waals surface area contributed by atoms with Gasteiger partial charge in [-0.1, -0.05) is 0 Å². The fourth-order valence-corrected chi connectivity index (χ4v) is 1.18. The molecule has 0 saturated heterocycles. The third-order valence-electron chi connectivity index (χ3n) is 1.79. The molecular weight excluding hydrogens is 182 g/mol. The Balaban J connectivity index is 2.43. The van der Waals surface area contributed by atoms with Gasteiger partial charge in [-0.05, 0) is 7.05 Å². The lowest BCUT2D eigenvalue weighted by Gasteiger charge is -1.97. The van der Waals surface area contributed by atoms with Gasteiger partial charge in [-0.15, -0.1) is 5.10 Å². The number of hydrogen-bond acceptors (Lipinski definition) is 5. The average Bonchev–Trinajstić information content (AvgIpc) is 2.60. The Morgan fingerprint density at radius 3 is 3.14 bits per heavy atom. The predicted octanol–water partition coefficient (Wildman–Crippen LogP) is -0.148. The Kier molecular flexibility index (Phi) is 2.28. The Hall–Kier alpha value is -1.69. The van der Waals surface area contributed by atoms with Gasteiger partial charge in [0.1, 0.15) is 0 Å². The van der Waals surface area contributed by atoms with Crippen LogP contribution >= 0.6 is 0 Å². The summed E-state index contributed by atoms with van der Waals surface area (Å²) in [5.41, 5.74) is 1.05. The van der Waals surface area contributed by atoms with Gasteiger partial charge in [0.15, 0.2) is 0 Å². The van der Waals surface area contributed by atoms with E-state index >= 15 is 0 Å². The molecule has 1 N–H and O–H groups in total. The molecule has 0 aliphatic carbocycles. The van der Waals surface area contributed by atoms with E-state index in [2.05, 4.69) is 20.4 Å². The summed E-state index contributed by atoms with van der Waals surface area (Å²) in [6.07, 6.45) is 3.63. The molecule has 14 heavy (non-hydrogen) atoms. The monoisotopic (exact) mass is 193 g/mol. The quantitative estimate of drug-likeness (QED) is 0.734. The fourth-order valence-electron chi connectivity index (χ4n) is 1.18. The number of nitrogens with zero attached hydrogens (tertiary/aromatic N) is 4. The first-order valence-electron chi connectivity index (χ1n) is 4.23. The van der Waals surface area contributed by atoms with Crippen LogP contribution in [0.2, 0.25) is 0 Å². The lowest BCUT2D eigenvalue weighted by atomic mass is 10.3. The van der Waals surface area contributed by atoms with Crippen LogP contribution in [0, 0.1) is 0 Å². The van der Waals surface area contributed by atoms with Gasteiger partial charge in [-0.3, -0.25) is 0 Å². The molecule has 0 aliphatic heterocycles. The van der Waals surface area contributed by atoms with Crippen LogP contribution in [0.4, 0.5) is 0 Å². The highest BCUT2D eigenvalue weighted by molar-refractivity contribution is 5.28. The molecular formula is C8H11N5O. The number of nitrogens with one attached hydrogen (secondary N) is 1. The van der Waals surface area contributed by atoms with Crippen LogP contribution in [-0.2, 0) is 6.54 Å². The van der Waals surface area contributed by atoms with Crippen LogP contribution < -0.4 is 10.1 Å². The van der Waals surface area contributed by atoms with Crippen molar-refractivity contribution in [2.75, 3.05) is 14.2 Å². The molecule has 0 unspecified atom stereocenters. The normalized spacial score (nSPS) is 10.7. The van der Waals surface area contributed by atoms with Crippen LogP contribution in [0.15, 0.2) is 12.4 Å². The smallest absolute Gasteiger partial charge is 0.337 e. The maximum atomic E-state index is 4.90. The van der Waals surface area contributed by atoms with Crippen molar-refractivity contribution < 1.29 is 4.74 Å². The minimum atomic E-state index is 0.333. The molecule has 6 nitrogen and oxygen atoms in total. The second kappa shape index (κ2) is 3.59. The minimum Gasteiger partial charge on any atom is -0.466 e. The number of fused-ring (bicyclic) bond motifs is 1. The number of rotatable bonds is 3. The molecule has 2 aromatic rings. The molecule has 0 amide bonds. The van der Waals surface area contributed by atoms with Gasteiger partial charge in [0, 0.05) is 24.5 Å². The largest absolute Gasteiger partial charge is 0.466 e. The standard InChI is InChI=1S/C8H11N5O/c1-9-3-6-4-10-7-11-8(14-2)12-13(7)5-6/h4-5,9H,3H2,1-2H3. The highest BCUT2D eigenvalue weighted by Crippen LogP contribution is 2.05. The van der Waals surface area contributed by atoms with Gasteiger partial charge < -0.3 is 10.1 Å². The van der Waals surface area contributed by atoms with E-state index in [4.69, 9.17) is 4.74 Å². The Labute approximate surface area is 80.9 Å². The van der Waals surface area contributed by atoms with Gasteiger partial charge >= 0.3 is 6.01 Å². The SMILES string of the molecule is CNCc1cnc2nc(OC)nn2c1. The molecule has 0 saturated carbocycles. The van der Waals surface area contributed by atoms with Crippen LogP contribution in [0.25, 0.3) is 5.78 Å². The topological polar surface area (TPSA) is 64.3 Å². The maximum Gasteiger partial charge on any atom is 0.337 e. The van der Waals surface area contributed by atoms with Gasteiger partial charge in [-0.2, -0.15) is 4.98 Å². The first kappa shape index (κ1) is 8.89. The first-order chi connectivity index (χ1) is 6.83. The van der Waals surface area contributed by atoms with Crippen LogP contribution in [-0.4, -0.2) is 33.7 Å². The van der Waals surface area contributed by atoms with Crippen molar-refractivity contribution in [3.8, 4) is 6.01 Å². The highest BCUT2D eigenvalue weighted by Gasteiger charge is 2.04. The Morgan fingerprint density at radius 2 is 2.43 bits per heavy atom. The molecule has 0 radical (unpaired) electrons. The van der Waals surface area contributed by atoms with Crippen molar-refractivity contribution in [3.05, 3.63) is 18.0 Å². The van der Waals surface area contributed by atoms with Crippen molar-refractivity contribution in [3.63, 3.8) is 0 Å². The molecule has 2 aromatic heterocycles. The molecule has 2 rings (SSSR count). The summed E-state index contributed by atoms with van der Waals surface area (Å²) in [6.45, 7) is 0.755. The van der Waals surface area contributed by atoms with E-state index in [1.54, 1.807) is 10.7 Å². The van der Waals surface area contributed by atoms with Gasteiger partial charge in [0.25, 0.3) is 5.78 Å². The van der Waals surface area contributed by atoms with E-state index in [1.165, 1.54) is 7.11 Å². The van der Waals surface area contributed by atoms with E-state index in [1.807, 2.05) is 13.2 Å². The zero-order valence-corrected chi connectivity index (χ0v) is 8.06. The fraction of sp³-hybridized carbons (Fsp3) is 0.375. The molecule has 74 valence electrons. The zero-order valence-electron chi connectivity index (χ0n) is 8.06. The highest BCUT2D eigenvalue weighted by atomic mass is 16.5. The van der Waals surface area contributed by atoms with Crippen molar-refractivity contribution >= 4 is 5.78 Å². The molecule has 0 spiro atoms. The van der Waals surface area contributed by atoms with Gasteiger partial charge in [-0.25, -0.2) is 9.50 Å². The lowest BCUT2D eigenvalue weighted by molar-refractivity contribution is 0.380. The number of methoxy groups -OCH3 is 1. The first-order valence-corrected chi connectivity index (χ1v) is 4.23. The van der Waals surface area contributed by atoms with Crippen molar-refractivity contribution in [1.29, 1.82) is 0 Å². The average molecular weight is 193 g/mol. The summed E-state index contributed by atoms with van der Waals surface area (Å²) in [7, 11) is 3.41. The molecule has 0 aliphatic rings. The minimum absolute atomic E-state index is 0.333. The van der Waals surface area contributed by atoms with Crippen LogP contribution in [0.5, 0.6) is 6.01 Å². The second-order valence-corrected chi connectivity index (χ2v) is 2.84. The van der Waals surface area contributed by atoms with Crippen molar-refractivity contribution in [1.82, 2.24) is 24.9 Å². The summed E-state index contributed by atoms with van der Waals surface area (Å²) in [4.78, 5) is 8.17. The van der Waals surface area contributed by atoms with E-state index in [0.717, 1.165) is 12.1 Å². The van der Waals surface area contributed by atoms with E-state index in [9.17, 15) is 0 Å². The molecule has 2 heterocycles. The predicted molar refractivity (Wildman–Crippen MR) is 50.1 cm³/mol. The van der Waals surface area contributed by atoms with Crippen LogP contribution in [0.1, 0.15) is 5.56 Å². The van der Waals surface area contributed by atoms with Gasteiger partial charge in [0.05, 0.1) is 7.11 Å². The third-order valence-corrected chi connectivity index (χ3v) is 1.79. The zero-order chi connectivity index (χ0) is 9.97. The van der Waals surface area contributed by atoms with Crippen LogP contribution in [0.3, 0.4) is 0 Å². The lowest BCUT2D eigenvalue weighted by Crippen LogP contribution is -2.06. The second-order valence-electron chi connectivity index (χ2n) is 2.84. The van der Waals surface area contributed by atoms with Crippen molar-refractivity contribution in [2.45, 2.75) is 6.54 Å². The van der Waals surface area contributed by atoms with E-state index < -0.39 is 0 Å². The summed E-state index contributed by atoms with van der Waals surface area (Å²) in [6, 6.07) is 0.333. The third kappa shape index (κ3) is 1.51. The summed E-state index contributed by atoms with van der Waals surface area (Å²) < 4.78 is 6.50. The van der Waals surface area contributed by atoms with Gasteiger partial charge in [0.2, 0.25) is 0 Å². The number of ether oxygens (including phenoxy) is 1. The van der Waals surface area contributed by atoms with E-state index in [0.29, 0.717) is 11.8 Å². The maximum absolute atomic E-state index is 4.90. The van der Waals surface area contributed by atoms with E-state index in [-0.39, 0.29) is 0 Å². The molecule has 0 bridgehead atoms. The molecule has 6 heteroatoms. The number of aromatic nitrogens is 4.